The minimum absolute atomic E-state index is 0.119. The van der Waals surface area contributed by atoms with Gasteiger partial charge in [0.15, 0.2) is 11.5 Å². The van der Waals surface area contributed by atoms with Gasteiger partial charge >= 0.3 is 5.63 Å². The second-order valence-electron chi connectivity index (χ2n) is 8.76. The molecule has 0 saturated heterocycles. The molecule has 4 heterocycles. The van der Waals surface area contributed by atoms with Crippen LogP contribution in [-0.4, -0.2) is 26.4 Å². The number of para-hydroxylation sites is 1. The third kappa shape index (κ3) is 2.67. The Morgan fingerprint density at radius 1 is 0.914 bits per heavy atom. The Kier molecular flexibility index (Phi) is 4.00. The average Bonchev–Trinajstić information content (AvgIpc) is 3.55. The lowest BCUT2D eigenvalue weighted by molar-refractivity contribution is -0.122. The lowest BCUT2D eigenvalue weighted by Gasteiger charge is -2.23. The van der Waals surface area contributed by atoms with Crippen LogP contribution in [0, 0.1) is 0 Å². The highest BCUT2D eigenvalue weighted by Gasteiger charge is 2.57. The van der Waals surface area contributed by atoms with Crippen molar-refractivity contribution >= 4 is 22.6 Å². The van der Waals surface area contributed by atoms with E-state index in [1.54, 1.807) is 30.2 Å². The van der Waals surface area contributed by atoms with Crippen molar-refractivity contribution in [3.8, 4) is 23.0 Å². The average molecular weight is 469 g/mol. The van der Waals surface area contributed by atoms with Gasteiger partial charge < -0.3 is 28.3 Å². The molecule has 1 atom stereocenters. The summed E-state index contributed by atoms with van der Waals surface area (Å²) in [4.78, 5) is 28.3. The molecule has 8 nitrogen and oxygen atoms in total. The van der Waals surface area contributed by atoms with Crippen LogP contribution in [0.25, 0.3) is 11.0 Å². The molecule has 1 unspecified atom stereocenters. The van der Waals surface area contributed by atoms with Crippen LogP contribution in [0.5, 0.6) is 23.0 Å². The zero-order valence-corrected chi connectivity index (χ0v) is 18.7. The van der Waals surface area contributed by atoms with E-state index in [9.17, 15) is 9.59 Å². The Labute approximate surface area is 199 Å². The number of anilines is 1. The number of carbonyl (C=O) groups excluding carboxylic acids is 1. The second-order valence-corrected chi connectivity index (χ2v) is 8.76. The summed E-state index contributed by atoms with van der Waals surface area (Å²) in [5.74, 6) is 2.27. The van der Waals surface area contributed by atoms with Crippen LogP contribution in [0.1, 0.15) is 16.7 Å². The van der Waals surface area contributed by atoms with Gasteiger partial charge in [0.25, 0.3) is 0 Å². The first kappa shape index (κ1) is 20.0. The zero-order chi connectivity index (χ0) is 23.7. The minimum Gasteiger partial charge on any atom is -0.497 e. The van der Waals surface area contributed by atoms with Gasteiger partial charge in [-0.2, -0.15) is 0 Å². The van der Waals surface area contributed by atoms with Gasteiger partial charge in [0.05, 0.1) is 13.7 Å². The number of carbonyl (C=O) groups is 1. The Morgan fingerprint density at radius 3 is 2.60 bits per heavy atom. The summed E-state index contributed by atoms with van der Waals surface area (Å²) in [6, 6.07) is 18.1. The highest BCUT2D eigenvalue weighted by atomic mass is 16.7. The van der Waals surface area contributed by atoms with Gasteiger partial charge in [0.2, 0.25) is 12.7 Å². The normalized spacial score (nSPS) is 19.2. The molecule has 4 aromatic rings. The summed E-state index contributed by atoms with van der Waals surface area (Å²) in [6.45, 7) is 0.509. The minimum atomic E-state index is -1.01. The molecule has 0 radical (unpaired) electrons. The molecule has 8 heteroatoms. The van der Waals surface area contributed by atoms with Crippen LogP contribution < -0.4 is 29.5 Å². The van der Waals surface area contributed by atoms with E-state index in [4.69, 9.17) is 23.4 Å². The molecule has 7 rings (SSSR count). The van der Waals surface area contributed by atoms with Crippen LogP contribution in [0.2, 0.25) is 0 Å². The standard InChI is InChI=1S/C27H19NO7/c1-31-16-6-7-17-15(8-25(29)35-21(17)9-16)12-28-20-5-3-2-4-18(20)27(26(28)30)13-32-22-11-24-23(10-19(22)27)33-14-34-24/h2-11H,12-14H2,1H3. The van der Waals surface area contributed by atoms with Crippen molar-refractivity contribution in [2.24, 2.45) is 0 Å². The zero-order valence-electron chi connectivity index (χ0n) is 18.7. The fraction of sp³-hybridized carbons (Fsp3) is 0.185. The van der Waals surface area contributed by atoms with Crippen LogP contribution in [0.15, 0.2) is 69.9 Å². The summed E-state index contributed by atoms with van der Waals surface area (Å²) in [5, 5.41) is 0.739. The highest BCUT2D eigenvalue weighted by Crippen LogP contribution is 2.55. The topological polar surface area (TPSA) is 87.4 Å². The molecule has 0 bridgehead atoms. The number of rotatable bonds is 3. The van der Waals surface area contributed by atoms with Gasteiger partial charge in [-0.05, 0) is 35.4 Å². The SMILES string of the molecule is COc1ccc2c(CN3C(=O)C4(COc5cc6c(cc54)OCO6)c4ccccc43)cc(=O)oc2c1. The van der Waals surface area contributed by atoms with Crippen LogP contribution in [0.3, 0.4) is 0 Å². The Hall–Kier alpha value is -4.46. The quantitative estimate of drug-likeness (QED) is 0.422. The molecule has 1 spiro atoms. The van der Waals surface area contributed by atoms with E-state index in [1.807, 2.05) is 36.4 Å². The lowest BCUT2D eigenvalue weighted by atomic mass is 9.77. The predicted octanol–water partition coefficient (Wildman–Crippen LogP) is 3.76. The molecule has 3 aromatic carbocycles. The number of benzene rings is 3. The molecule has 0 N–H and O–H groups in total. The first-order valence-electron chi connectivity index (χ1n) is 11.2. The van der Waals surface area contributed by atoms with E-state index in [-0.39, 0.29) is 25.9 Å². The van der Waals surface area contributed by atoms with E-state index in [0.717, 1.165) is 22.2 Å². The lowest BCUT2D eigenvalue weighted by Crippen LogP contribution is -2.42. The van der Waals surface area contributed by atoms with Gasteiger partial charge in [0.1, 0.15) is 29.1 Å². The van der Waals surface area contributed by atoms with Gasteiger partial charge in [-0.3, -0.25) is 4.79 Å². The summed E-state index contributed by atoms with van der Waals surface area (Å²) in [7, 11) is 1.55. The van der Waals surface area contributed by atoms with E-state index in [1.165, 1.54) is 6.07 Å². The molecular formula is C27H19NO7. The smallest absolute Gasteiger partial charge is 0.336 e. The molecule has 174 valence electrons. The Bertz CT molecular complexity index is 1610. The van der Waals surface area contributed by atoms with Gasteiger partial charge in [-0.1, -0.05) is 18.2 Å². The van der Waals surface area contributed by atoms with E-state index >= 15 is 0 Å². The number of hydrogen-bond acceptors (Lipinski definition) is 7. The van der Waals surface area contributed by atoms with Crippen LogP contribution in [0.4, 0.5) is 5.69 Å². The van der Waals surface area contributed by atoms with Gasteiger partial charge in [-0.15, -0.1) is 0 Å². The third-order valence-electron chi connectivity index (χ3n) is 7.01. The number of fused-ring (bicyclic) bond motifs is 6. The molecule has 1 aromatic heterocycles. The maximum Gasteiger partial charge on any atom is 0.336 e. The fourth-order valence-electron chi connectivity index (χ4n) is 5.36. The number of hydrogen-bond donors (Lipinski definition) is 0. The van der Waals surface area contributed by atoms with E-state index in [0.29, 0.717) is 34.1 Å². The second kappa shape index (κ2) is 7.02. The van der Waals surface area contributed by atoms with Crippen LogP contribution >= 0.6 is 0 Å². The Morgan fingerprint density at radius 2 is 1.74 bits per heavy atom. The number of ether oxygens (including phenoxy) is 4. The number of amides is 1. The molecule has 3 aliphatic rings. The van der Waals surface area contributed by atoms with Crippen molar-refractivity contribution < 1.29 is 28.2 Å². The summed E-state index contributed by atoms with van der Waals surface area (Å²) >= 11 is 0. The number of nitrogens with zero attached hydrogens (tertiary/aromatic N) is 1. The third-order valence-corrected chi connectivity index (χ3v) is 7.01. The van der Waals surface area contributed by atoms with Crippen molar-refractivity contribution in [1.29, 1.82) is 0 Å². The van der Waals surface area contributed by atoms with E-state index in [2.05, 4.69) is 0 Å². The van der Waals surface area contributed by atoms with Crippen molar-refractivity contribution in [2.45, 2.75) is 12.0 Å². The largest absolute Gasteiger partial charge is 0.497 e. The molecule has 0 saturated carbocycles. The molecule has 35 heavy (non-hydrogen) atoms. The fourth-order valence-corrected chi connectivity index (χ4v) is 5.36. The summed E-state index contributed by atoms with van der Waals surface area (Å²) in [6.07, 6.45) is 0. The summed E-state index contributed by atoms with van der Waals surface area (Å²) < 4.78 is 27.8. The first-order chi connectivity index (χ1) is 17.1. The van der Waals surface area contributed by atoms with Gasteiger partial charge in [-0.25, -0.2) is 4.79 Å². The monoisotopic (exact) mass is 469 g/mol. The highest BCUT2D eigenvalue weighted by molar-refractivity contribution is 6.11. The maximum atomic E-state index is 14.2. The van der Waals surface area contributed by atoms with Crippen molar-refractivity contribution in [3.05, 3.63) is 87.8 Å². The van der Waals surface area contributed by atoms with Crippen LogP contribution in [-0.2, 0) is 16.8 Å². The van der Waals surface area contributed by atoms with E-state index < -0.39 is 11.0 Å². The van der Waals surface area contributed by atoms with Crippen molar-refractivity contribution in [3.63, 3.8) is 0 Å². The number of methoxy groups -OCH3 is 1. The van der Waals surface area contributed by atoms with Gasteiger partial charge in [0, 0.05) is 34.8 Å². The first-order valence-corrected chi connectivity index (χ1v) is 11.2. The maximum absolute atomic E-state index is 14.2. The molecular weight excluding hydrogens is 450 g/mol. The molecule has 0 aliphatic carbocycles. The molecule has 1 amide bonds. The predicted molar refractivity (Wildman–Crippen MR) is 126 cm³/mol. The Balaban J connectivity index is 1.37. The van der Waals surface area contributed by atoms with Crippen molar-refractivity contribution in [2.75, 3.05) is 25.4 Å². The summed E-state index contributed by atoms with van der Waals surface area (Å²) in [5.41, 5.74) is 1.98. The van der Waals surface area contributed by atoms with Crippen molar-refractivity contribution in [1.82, 2.24) is 0 Å². The molecule has 0 fully saturated rings. The molecule has 3 aliphatic heterocycles.